The van der Waals surface area contributed by atoms with Crippen LogP contribution in [-0.2, 0) is 13.1 Å². The maximum absolute atomic E-state index is 6.16. The van der Waals surface area contributed by atoms with Crippen LogP contribution >= 0.6 is 11.6 Å². The highest BCUT2D eigenvalue weighted by Gasteiger charge is 2.13. The smallest absolute Gasteiger partial charge is 0.118 e. The molecule has 0 aliphatic heterocycles. The Kier molecular flexibility index (Phi) is 4.32. The maximum atomic E-state index is 6.16. The third-order valence-electron chi connectivity index (χ3n) is 3.23. The molecule has 1 N–H and O–H groups in total. The fourth-order valence-corrected chi connectivity index (χ4v) is 2.21. The third kappa shape index (κ3) is 3.01. The van der Waals surface area contributed by atoms with E-state index in [2.05, 4.69) is 23.4 Å². The van der Waals surface area contributed by atoms with Gasteiger partial charge in [0, 0.05) is 5.56 Å². The number of nitrogens with one attached hydrogen (secondary N) is 1. The van der Waals surface area contributed by atoms with Crippen molar-refractivity contribution in [3.05, 3.63) is 39.6 Å². The number of aryl methyl sites for hydroxylation is 2. The summed E-state index contributed by atoms with van der Waals surface area (Å²) in [5.74, 6) is 1.90. The van der Waals surface area contributed by atoms with Crippen LogP contribution in [0.25, 0.3) is 0 Å². The Morgan fingerprint density at radius 1 is 1.37 bits per heavy atom. The lowest BCUT2D eigenvalue weighted by atomic mass is 10.2. The van der Waals surface area contributed by atoms with Gasteiger partial charge in [-0.05, 0) is 33.4 Å². The zero-order chi connectivity index (χ0) is 14.0. The SMILES string of the molecule is CCNCc1cc(Cn2nc(C)c(Cl)c2C)c(C)o1. The molecule has 0 atom stereocenters. The van der Waals surface area contributed by atoms with E-state index in [-0.39, 0.29) is 0 Å². The van der Waals surface area contributed by atoms with Crippen LogP contribution in [0.2, 0.25) is 5.02 Å². The number of halogens is 1. The van der Waals surface area contributed by atoms with Crippen LogP contribution < -0.4 is 5.32 Å². The van der Waals surface area contributed by atoms with Gasteiger partial charge >= 0.3 is 0 Å². The van der Waals surface area contributed by atoms with Crippen molar-refractivity contribution in [2.75, 3.05) is 6.54 Å². The van der Waals surface area contributed by atoms with Crippen LogP contribution in [0, 0.1) is 20.8 Å². The minimum Gasteiger partial charge on any atom is -0.465 e. The molecule has 0 aliphatic carbocycles. The van der Waals surface area contributed by atoms with Crippen LogP contribution in [0.1, 0.15) is 35.4 Å². The summed E-state index contributed by atoms with van der Waals surface area (Å²) in [6.07, 6.45) is 0. The van der Waals surface area contributed by atoms with Gasteiger partial charge in [0.25, 0.3) is 0 Å². The first-order valence-corrected chi connectivity index (χ1v) is 6.89. The van der Waals surface area contributed by atoms with Crippen LogP contribution in [-0.4, -0.2) is 16.3 Å². The molecular weight excluding hydrogens is 262 g/mol. The van der Waals surface area contributed by atoms with E-state index in [9.17, 15) is 0 Å². The highest BCUT2D eigenvalue weighted by atomic mass is 35.5. The van der Waals surface area contributed by atoms with E-state index in [0.717, 1.165) is 46.6 Å². The van der Waals surface area contributed by atoms with Crippen molar-refractivity contribution in [2.24, 2.45) is 0 Å². The largest absolute Gasteiger partial charge is 0.465 e. The monoisotopic (exact) mass is 281 g/mol. The van der Waals surface area contributed by atoms with E-state index in [4.69, 9.17) is 16.0 Å². The van der Waals surface area contributed by atoms with Gasteiger partial charge < -0.3 is 9.73 Å². The van der Waals surface area contributed by atoms with Crippen molar-refractivity contribution in [2.45, 2.75) is 40.8 Å². The lowest BCUT2D eigenvalue weighted by molar-refractivity contribution is 0.461. The molecule has 0 saturated heterocycles. The zero-order valence-electron chi connectivity index (χ0n) is 11.9. The summed E-state index contributed by atoms with van der Waals surface area (Å²) in [4.78, 5) is 0. The van der Waals surface area contributed by atoms with E-state index < -0.39 is 0 Å². The van der Waals surface area contributed by atoms with E-state index >= 15 is 0 Å². The van der Waals surface area contributed by atoms with Crippen LogP contribution in [0.15, 0.2) is 10.5 Å². The predicted octanol–water partition coefficient (Wildman–Crippen LogP) is 3.21. The minimum absolute atomic E-state index is 0.695. The molecule has 2 rings (SSSR count). The van der Waals surface area contributed by atoms with E-state index in [0.29, 0.717) is 6.54 Å². The summed E-state index contributed by atoms with van der Waals surface area (Å²) in [5.41, 5.74) is 3.01. The van der Waals surface area contributed by atoms with Gasteiger partial charge in [0.15, 0.2) is 0 Å². The molecule has 19 heavy (non-hydrogen) atoms. The first-order chi connectivity index (χ1) is 9.02. The van der Waals surface area contributed by atoms with Gasteiger partial charge in [0.05, 0.1) is 29.5 Å². The van der Waals surface area contributed by atoms with Crippen molar-refractivity contribution >= 4 is 11.6 Å². The van der Waals surface area contributed by atoms with Crippen molar-refractivity contribution in [1.29, 1.82) is 0 Å². The van der Waals surface area contributed by atoms with Gasteiger partial charge in [-0.3, -0.25) is 4.68 Å². The molecular formula is C14H20ClN3O. The Balaban J connectivity index is 2.18. The number of hydrogen-bond donors (Lipinski definition) is 1. The molecule has 0 spiro atoms. The van der Waals surface area contributed by atoms with Crippen molar-refractivity contribution in [3.63, 3.8) is 0 Å². The van der Waals surface area contributed by atoms with Gasteiger partial charge in [-0.15, -0.1) is 0 Å². The molecule has 2 aromatic rings. The Morgan fingerprint density at radius 2 is 2.11 bits per heavy atom. The zero-order valence-corrected chi connectivity index (χ0v) is 12.6. The van der Waals surface area contributed by atoms with E-state index in [1.807, 2.05) is 25.5 Å². The molecule has 0 aromatic carbocycles. The van der Waals surface area contributed by atoms with Gasteiger partial charge in [-0.25, -0.2) is 0 Å². The third-order valence-corrected chi connectivity index (χ3v) is 3.78. The van der Waals surface area contributed by atoms with Gasteiger partial charge in [0.2, 0.25) is 0 Å². The summed E-state index contributed by atoms with van der Waals surface area (Å²) >= 11 is 6.16. The fourth-order valence-electron chi connectivity index (χ4n) is 2.07. The number of hydrogen-bond acceptors (Lipinski definition) is 3. The first-order valence-electron chi connectivity index (χ1n) is 6.51. The Labute approximate surface area is 118 Å². The molecule has 0 radical (unpaired) electrons. The van der Waals surface area contributed by atoms with Crippen LogP contribution in [0.4, 0.5) is 0 Å². The fraction of sp³-hybridized carbons (Fsp3) is 0.500. The van der Waals surface area contributed by atoms with Crippen molar-refractivity contribution in [3.8, 4) is 0 Å². The molecule has 104 valence electrons. The predicted molar refractivity (Wildman–Crippen MR) is 76.6 cm³/mol. The summed E-state index contributed by atoms with van der Waals surface area (Å²) < 4.78 is 7.65. The van der Waals surface area contributed by atoms with E-state index in [1.54, 1.807) is 0 Å². The molecule has 0 bridgehead atoms. The van der Waals surface area contributed by atoms with Crippen LogP contribution in [0.3, 0.4) is 0 Å². The molecule has 0 saturated carbocycles. The number of aromatic nitrogens is 2. The topological polar surface area (TPSA) is 43.0 Å². The average Bonchev–Trinajstić information content (AvgIpc) is 2.84. The summed E-state index contributed by atoms with van der Waals surface area (Å²) in [6, 6.07) is 2.09. The molecule has 5 heteroatoms. The Hall–Kier alpha value is -1.26. The molecule has 2 heterocycles. The van der Waals surface area contributed by atoms with Gasteiger partial charge in [-0.2, -0.15) is 5.10 Å². The summed E-state index contributed by atoms with van der Waals surface area (Å²) in [7, 11) is 0. The minimum atomic E-state index is 0.695. The van der Waals surface area contributed by atoms with Gasteiger partial charge in [0.1, 0.15) is 11.5 Å². The number of nitrogens with zero attached hydrogens (tertiary/aromatic N) is 2. The molecule has 0 unspecified atom stereocenters. The molecule has 2 aromatic heterocycles. The van der Waals surface area contributed by atoms with Crippen molar-refractivity contribution in [1.82, 2.24) is 15.1 Å². The molecule has 4 nitrogen and oxygen atoms in total. The Bertz CT molecular complexity index is 571. The second-order valence-corrected chi connectivity index (χ2v) is 5.09. The average molecular weight is 282 g/mol. The van der Waals surface area contributed by atoms with Gasteiger partial charge in [-0.1, -0.05) is 18.5 Å². The standard InChI is InChI=1S/C14H20ClN3O/c1-5-16-7-13-6-12(11(4)19-13)8-18-10(3)14(15)9(2)17-18/h6,16H,5,7-8H2,1-4H3. The Morgan fingerprint density at radius 3 is 2.68 bits per heavy atom. The second-order valence-electron chi connectivity index (χ2n) is 4.72. The normalized spacial score (nSPS) is 11.2. The highest BCUT2D eigenvalue weighted by molar-refractivity contribution is 6.31. The number of furan rings is 1. The quantitative estimate of drug-likeness (QED) is 0.915. The highest BCUT2D eigenvalue weighted by Crippen LogP contribution is 2.22. The first kappa shape index (κ1) is 14.2. The molecule has 0 fully saturated rings. The maximum Gasteiger partial charge on any atom is 0.118 e. The molecule has 0 amide bonds. The lowest BCUT2D eigenvalue weighted by Crippen LogP contribution is -2.10. The summed E-state index contributed by atoms with van der Waals surface area (Å²) in [6.45, 7) is 10.4. The summed E-state index contributed by atoms with van der Waals surface area (Å²) in [5, 5.41) is 8.45. The van der Waals surface area contributed by atoms with Crippen molar-refractivity contribution < 1.29 is 4.42 Å². The molecule has 0 aliphatic rings. The van der Waals surface area contributed by atoms with E-state index in [1.165, 1.54) is 0 Å². The second kappa shape index (κ2) is 5.80. The lowest BCUT2D eigenvalue weighted by Gasteiger charge is -2.02. The number of rotatable bonds is 5. The van der Waals surface area contributed by atoms with Crippen LogP contribution in [0.5, 0.6) is 0 Å².